The van der Waals surface area contributed by atoms with Crippen LogP contribution in [0.1, 0.15) is 21.5 Å². The molecule has 5 rings (SSSR count). The van der Waals surface area contributed by atoms with Gasteiger partial charge in [-0.1, -0.05) is 35.6 Å². The molecule has 3 aromatic carbocycles. The summed E-state index contributed by atoms with van der Waals surface area (Å²) < 4.78 is 52.9. The zero-order valence-corrected chi connectivity index (χ0v) is 26.1. The molecule has 4 aromatic rings. The van der Waals surface area contributed by atoms with Crippen LogP contribution < -0.4 is 4.90 Å². The number of carbonyl (C=O) groups is 1. The van der Waals surface area contributed by atoms with Gasteiger partial charge in [-0.3, -0.25) is 9.69 Å². The van der Waals surface area contributed by atoms with Crippen LogP contribution in [-0.2, 0) is 32.8 Å². The molecule has 0 saturated carbocycles. The molecule has 0 unspecified atom stereocenters. The molecule has 0 saturated heterocycles. The number of aromatic nitrogens is 1. The number of anilines is 1. The fourth-order valence-corrected chi connectivity index (χ4v) is 7.74. The van der Waals surface area contributed by atoms with Gasteiger partial charge in [-0.05, 0) is 74.1 Å². The van der Waals surface area contributed by atoms with Crippen LogP contribution in [0.5, 0.6) is 0 Å². The van der Waals surface area contributed by atoms with Gasteiger partial charge in [0.15, 0.2) is 15.0 Å². The molecule has 218 valence electrons. The van der Waals surface area contributed by atoms with Gasteiger partial charge in [0.1, 0.15) is 0 Å². The molecule has 0 radical (unpaired) electrons. The number of carbonyl (C=O) groups excluding carboxylic acids is 1. The van der Waals surface area contributed by atoms with Crippen molar-refractivity contribution >= 4 is 64.9 Å². The molecular formula is C28H31ClN4O5S3. The van der Waals surface area contributed by atoms with Crippen molar-refractivity contribution in [1.29, 1.82) is 0 Å². The molecule has 41 heavy (non-hydrogen) atoms. The van der Waals surface area contributed by atoms with Crippen LogP contribution in [0.4, 0.5) is 5.13 Å². The number of sulfone groups is 1. The Balaban J connectivity index is 0.00000387. The fourth-order valence-electron chi connectivity index (χ4n) is 4.57. The first-order valence-electron chi connectivity index (χ1n) is 12.7. The predicted molar refractivity (Wildman–Crippen MR) is 164 cm³/mol. The first-order valence-corrected chi connectivity index (χ1v) is 16.8. The minimum absolute atomic E-state index is 0. The number of rotatable bonds is 8. The Morgan fingerprint density at radius 3 is 2.24 bits per heavy atom. The average molecular weight is 635 g/mol. The van der Waals surface area contributed by atoms with E-state index in [0.717, 1.165) is 17.4 Å². The summed E-state index contributed by atoms with van der Waals surface area (Å²) in [5, 5.41) is 0.441. The number of hydrogen-bond donors (Lipinski definition) is 0. The Morgan fingerprint density at radius 1 is 0.927 bits per heavy atom. The number of amides is 1. The van der Waals surface area contributed by atoms with Crippen LogP contribution in [-0.4, -0.2) is 76.9 Å². The minimum atomic E-state index is -3.73. The molecule has 0 N–H and O–H groups in total. The normalized spacial score (nSPS) is 14.0. The molecule has 1 aromatic heterocycles. The largest absolute Gasteiger partial charge is 0.308 e. The summed E-state index contributed by atoms with van der Waals surface area (Å²) in [7, 11) is -3.32. The number of likely N-dealkylation sites (N-methyl/N-ethyl adjacent to an activating group) is 1. The Morgan fingerprint density at radius 2 is 1.59 bits per heavy atom. The van der Waals surface area contributed by atoms with E-state index in [-0.39, 0.29) is 28.1 Å². The number of halogens is 1. The number of nitrogens with zero attached hydrogens (tertiary/aromatic N) is 4. The maximum absolute atomic E-state index is 13.7. The second-order valence-corrected chi connectivity index (χ2v) is 15.0. The molecule has 0 spiro atoms. The first kappa shape index (κ1) is 31.1. The Labute approximate surface area is 250 Å². The Bertz CT molecular complexity index is 1790. The van der Waals surface area contributed by atoms with Gasteiger partial charge in [0.05, 0.1) is 20.0 Å². The second kappa shape index (κ2) is 12.2. The minimum Gasteiger partial charge on any atom is -0.308 e. The summed E-state index contributed by atoms with van der Waals surface area (Å²) in [6, 6.07) is 18.6. The third kappa shape index (κ3) is 6.63. The van der Waals surface area contributed by atoms with E-state index in [1.165, 1.54) is 46.0 Å². The van der Waals surface area contributed by atoms with E-state index in [0.29, 0.717) is 53.5 Å². The monoisotopic (exact) mass is 634 g/mol. The highest BCUT2D eigenvalue weighted by molar-refractivity contribution is 7.90. The van der Waals surface area contributed by atoms with Gasteiger partial charge in [0, 0.05) is 38.0 Å². The molecule has 0 aliphatic carbocycles. The summed E-state index contributed by atoms with van der Waals surface area (Å²) in [5.41, 5.74) is 3.09. The first-order chi connectivity index (χ1) is 18.9. The molecule has 0 atom stereocenters. The second-order valence-electron chi connectivity index (χ2n) is 10.0. The fraction of sp³-hybridized carbons (Fsp3) is 0.286. The van der Waals surface area contributed by atoms with E-state index < -0.39 is 19.9 Å². The van der Waals surface area contributed by atoms with Gasteiger partial charge in [-0.25, -0.2) is 21.8 Å². The van der Waals surface area contributed by atoms with Crippen molar-refractivity contribution in [2.24, 2.45) is 0 Å². The molecule has 9 nitrogen and oxygen atoms in total. The Kier molecular flexibility index (Phi) is 9.22. The zero-order chi connectivity index (χ0) is 28.7. The zero-order valence-electron chi connectivity index (χ0n) is 22.8. The summed E-state index contributed by atoms with van der Waals surface area (Å²) in [4.78, 5) is 22.1. The lowest BCUT2D eigenvalue weighted by molar-refractivity contribution is 0.0985. The van der Waals surface area contributed by atoms with Crippen molar-refractivity contribution in [3.63, 3.8) is 0 Å². The van der Waals surface area contributed by atoms with Crippen molar-refractivity contribution in [3.8, 4) is 0 Å². The smallest absolute Gasteiger partial charge is 0.260 e. The van der Waals surface area contributed by atoms with Crippen LogP contribution in [0.3, 0.4) is 0 Å². The van der Waals surface area contributed by atoms with Crippen molar-refractivity contribution in [2.75, 3.05) is 44.9 Å². The van der Waals surface area contributed by atoms with E-state index in [4.69, 9.17) is 0 Å². The summed E-state index contributed by atoms with van der Waals surface area (Å²) >= 11 is 1.24. The van der Waals surface area contributed by atoms with Crippen molar-refractivity contribution < 1.29 is 21.6 Å². The maximum Gasteiger partial charge on any atom is 0.260 e. The highest BCUT2D eigenvalue weighted by Gasteiger charge is 2.29. The van der Waals surface area contributed by atoms with Crippen LogP contribution in [0, 0.1) is 0 Å². The van der Waals surface area contributed by atoms with Crippen molar-refractivity contribution in [3.05, 3.63) is 83.4 Å². The van der Waals surface area contributed by atoms with Crippen LogP contribution in [0.25, 0.3) is 10.2 Å². The van der Waals surface area contributed by atoms with Crippen LogP contribution in [0.15, 0.2) is 76.5 Å². The molecule has 13 heteroatoms. The standard InChI is InChI=1S/C28H30N4O5S3.ClH/c1-30(2)16-17-32(28-29-25-13-12-24(39(3,34)35)18-26(25)38-28)27(33)21-8-10-23(11-9-21)40(36,37)31-15-14-20-6-4-5-7-22(20)19-31;/h4-13,18H,14-17,19H2,1-3H3;1H. The summed E-state index contributed by atoms with van der Waals surface area (Å²) in [5.74, 6) is -0.319. The van der Waals surface area contributed by atoms with Gasteiger partial charge < -0.3 is 4.90 Å². The molecule has 0 bridgehead atoms. The quantitative estimate of drug-likeness (QED) is 0.287. The molecule has 2 heterocycles. The molecular weight excluding hydrogens is 604 g/mol. The number of benzene rings is 3. The van der Waals surface area contributed by atoms with Crippen LogP contribution in [0.2, 0.25) is 0 Å². The SMILES string of the molecule is CN(C)CCN(C(=O)c1ccc(S(=O)(=O)N2CCc3ccccc3C2)cc1)c1nc2ccc(S(C)(=O)=O)cc2s1.Cl. The Hall–Kier alpha value is -2.87. The van der Waals surface area contributed by atoms with Gasteiger partial charge >= 0.3 is 0 Å². The summed E-state index contributed by atoms with van der Waals surface area (Å²) in [6.45, 7) is 1.63. The van der Waals surface area contributed by atoms with E-state index >= 15 is 0 Å². The summed E-state index contributed by atoms with van der Waals surface area (Å²) in [6.07, 6.45) is 1.80. The van der Waals surface area contributed by atoms with Crippen LogP contribution >= 0.6 is 23.7 Å². The van der Waals surface area contributed by atoms with Gasteiger partial charge in [0.25, 0.3) is 5.91 Å². The lowest BCUT2D eigenvalue weighted by atomic mass is 10.0. The van der Waals surface area contributed by atoms with Crippen molar-refractivity contribution in [1.82, 2.24) is 14.2 Å². The predicted octanol–water partition coefficient (Wildman–Crippen LogP) is 4.08. The molecule has 1 aliphatic rings. The van der Waals surface area contributed by atoms with Gasteiger partial charge in [0.2, 0.25) is 10.0 Å². The number of sulfonamides is 1. The van der Waals surface area contributed by atoms with E-state index in [1.54, 1.807) is 17.0 Å². The maximum atomic E-state index is 13.7. The third-order valence-electron chi connectivity index (χ3n) is 6.86. The highest BCUT2D eigenvalue weighted by Crippen LogP contribution is 2.32. The lowest BCUT2D eigenvalue weighted by Gasteiger charge is -2.28. The number of fused-ring (bicyclic) bond motifs is 2. The van der Waals surface area contributed by atoms with Crippen molar-refractivity contribution in [2.45, 2.75) is 22.8 Å². The lowest BCUT2D eigenvalue weighted by Crippen LogP contribution is -2.37. The highest BCUT2D eigenvalue weighted by atomic mass is 35.5. The average Bonchev–Trinajstić information content (AvgIpc) is 3.35. The van der Waals surface area contributed by atoms with E-state index in [9.17, 15) is 21.6 Å². The van der Waals surface area contributed by atoms with Gasteiger partial charge in [-0.2, -0.15) is 4.31 Å². The van der Waals surface area contributed by atoms with Gasteiger partial charge in [-0.15, -0.1) is 12.4 Å². The molecule has 1 amide bonds. The number of thiazole rings is 1. The number of hydrogen-bond acceptors (Lipinski definition) is 8. The van der Waals surface area contributed by atoms with E-state index in [2.05, 4.69) is 4.98 Å². The third-order valence-corrected chi connectivity index (χ3v) is 10.9. The topological polar surface area (TPSA) is 108 Å². The van der Waals surface area contributed by atoms with E-state index in [1.807, 2.05) is 43.3 Å². The molecule has 0 fully saturated rings. The molecule has 1 aliphatic heterocycles.